The number of sulfonamides is 1. The molecular weight excluding hydrogens is 240 g/mol. The summed E-state index contributed by atoms with van der Waals surface area (Å²) in [5.41, 5.74) is 5.18. The number of nitrogens with two attached hydrogens (primary N) is 1. The van der Waals surface area contributed by atoms with Crippen molar-refractivity contribution in [3.8, 4) is 0 Å². The molecule has 2 rings (SSSR count). The molecule has 1 aromatic heterocycles. The standard InChI is InChI=1S/C10H18N4O2S/c1-8-12-9(6-14(8)2)17(15,16)13-10(7-11)4-3-5-10/h6,13H,3-5,7,11H2,1-2H3. The Balaban J connectivity index is 2.25. The van der Waals surface area contributed by atoms with E-state index >= 15 is 0 Å². The summed E-state index contributed by atoms with van der Waals surface area (Å²) in [5.74, 6) is 0.667. The largest absolute Gasteiger partial charge is 0.337 e. The Bertz CT molecular complexity index is 491. The van der Waals surface area contributed by atoms with E-state index < -0.39 is 15.6 Å². The van der Waals surface area contributed by atoms with Crippen LogP contribution >= 0.6 is 0 Å². The molecule has 0 saturated heterocycles. The summed E-state index contributed by atoms with van der Waals surface area (Å²) in [7, 11) is -1.79. The van der Waals surface area contributed by atoms with Gasteiger partial charge in [0.15, 0.2) is 5.03 Å². The van der Waals surface area contributed by atoms with Crippen molar-refractivity contribution in [1.82, 2.24) is 14.3 Å². The van der Waals surface area contributed by atoms with E-state index in [1.54, 1.807) is 18.5 Å². The predicted molar refractivity (Wildman–Crippen MR) is 63.9 cm³/mol. The Labute approximate surface area is 101 Å². The maximum atomic E-state index is 12.1. The third kappa shape index (κ3) is 2.22. The summed E-state index contributed by atoms with van der Waals surface area (Å²) in [4.78, 5) is 4.03. The van der Waals surface area contributed by atoms with Crippen molar-refractivity contribution < 1.29 is 8.42 Å². The van der Waals surface area contributed by atoms with Crippen molar-refractivity contribution in [3.63, 3.8) is 0 Å². The zero-order valence-electron chi connectivity index (χ0n) is 10.1. The van der Waals surface area contributed by atoms with Gasteiger partial charge in [0.25, 0.3) is 10.0 Å². The van der Waals surface area contributed by atoms with Crippen LogP contribution in [0.4, 0.5) is 0 Å². The Hall–Kier alpha value is -0.920. The molecule has 7 heteroatoms. The second kappa shape index (κ2) is 4.08. The number of hydrogen-bond acceptors (Lipinski definition) is 4. The maximum Gasteiger partial charge on any atom is 0.260 e. The van der Waals surface area contributed by atoms with Crippen LogP contribution in [0.1, 0.15) is 25.1 Å². The number of aryl methyl sites for hydroxylation is 2. The van der Waals surface area contributed by atoms with E-state index in [1.807, 2.05) is 0 Å². The molecule has 1 saturated carbocycles. The molecule has 0 bridgehead atoms. The second-order valence-electron chi connectivity index (χ2n) is 4.68. The van der Waals surface area contributed by atoms with Crippen LogP contribution in [0.2, 0.25) is 0 Å². The predicted octanol–water partition coefficient (Wildman–Crippen LogP) is -0.112. The summed E-state index contributed by atoms with van der Waals surface area (Å²) in [6, 6.07) is 0. The molecule has 0 aromatic carbocycles. The number of rotatable bonds is 4. The SMILES string of the molecule is Cc1nc(S(=O)(=O)NC2(CN)CCC2)cn1C. The van der Waals surface area contributed by atoms with Gasteiger partial charge in [-0.3, -0.25) is 0 Å². The highest BCUT2D eigenvalue weighted by molar-refractivity contribution is 7.89. The molecule has 3 N–H and O–H groups in total. The van der Waals surface area contributed by atoms with E-state index in [0.717, 1.165) is 19.3 Å². The Morgan fingerprint density at radius 3 is 2.59 bits per heavy atom. The molecule has 1 fully saturated rings. The molecule has 0 atom stereocenters. The lowest BCUT2D eigenvalue weighted by Crippen LogP contribution is -2.58. The highest BCUT2D eigenvalue weighted by atomic mass is 32.2. The zero-order valence-corrected chi connectivity index (χ0v) is 10.9. The van der Waals surface area contributed by atoms with Crippen molar-refractivity contribution in [1.29, 1.82) is 0 Å². The summed E-state index contributed by atoms with van der Waals surface area (Å²) in [6.07, 6.45) is 4.13. The first-order valence-corrected chi connectivity index (χ1v) is 7.11. The molecule has 0 amide bonds. The molecule has 0 unspecified atom stereocenters. The fourth-order valence-electron chi connectivity index (χ4n) is 1.94. The summed E-state index contributed by atoms with van der Waals surface area (Å²) < 4.78 is 28.6. The van der Waals surface area contributed by atoms with E-state index in [1.165, 1.54) is 6.20 Å². The van der Waals surface area contributed by atoms with Gasteiger partial charge in [-0.25, -0.2) is 18.1 Å². The van der Waals surface area contributed by atoms with E-state index in [2.05, 4.69) is 9.71 Å². The minimum atomic E-state index is -3.55. The van der Waals surface area contributed by atoms with Crippen LogP contribution in [0.25, 0.3) is 0 Å². The third-order valence-corrected chi connectivity index (χ3v) is 4.86. The molecule has 17 heavy (non-hydrogen) atoms. The van der Waals surface area contributed by atoms with Gasteiger partial charge < -0.3 is 10.3 Å². The fraction of sp³-hybridized carbons (Fsp3) is 0.700. The van der Waals surface area contributed by atoms with Crippen molar-refractivity contribution in [2.45, 2.75) is 36.8 Å². The van der Waals surface area contributed by atoms with Gasteiger partial charge in [-0.2, -0.15) is 0 Å². The quantitative estimate of drug-likeness (QED) is 0.788. The summed E-state index contributed by atoms with van der Waals surface area (Å²) in [6.45, 7) is 2.10. The van der Waals surface area contributed by atoms with Crippen LogP contribution in [-0.2, 0) is 17.1 Å². The first-order valence-electron chi connectivity index (χ1n) is 5.63. The molecule has 1 aliphatic carbocycles. The van der Waals surface area contributed by atoms with E-state index in [-0.39, 0.29) is 5.03 Å². The van der Waals surface area contributed by atoms with Gasteiger partial charge in [0.05, 0.1) is 0 Å². The first-order chi connectivity index (χ1) is 7.88. The average molecular weight is 258 g/mol. The third-order valence-electron chi connectivity index (χ3n) is 3.41. The number of nitrogens with zero attached hydrogens (tertiary/aromatic N) is 2. The smallest absolute Gasteiger partial charge is 0.260 e. The van der Waals surface area contributed by atoms with Gasteiger partial charge in [0, 0.05) is 25.3 Å². The normalized spacial score (nSPS) is 19.0. The van der Waals surface area contributed by atoms with Crippen LogP contribution in [0.5, 0.6) is 0 Å². The lowest BCUT2D eigenvalue weighted by Gasteiger charge is -2.40. The number of imidazole rings is 1. The van der Waals surface area contributed by atoms with Crippen molar-refractivity contribution >= 4 is 10.0 Å². The van der Waals surface area contributed by atoms with E-state index in [4.69, 9.17) is 5.73 Å². The maximum absolute atomic E-state index is 12.1. The van der Waals surface area contributed by atoms with Crippen molar-refractivity contribution in [3.05, 3.63) is 12.0 Å². The molecule has 0 spiro atoms. The van der Waals surface area contributed by atoms with Crippen molar-refractivity contribution in [2.24, 2.45) is 12.8 Å². The van der Waals surface area contributed by atoms with Gasteiger partial charge >= 0.3 is 0 Å². The molecule has 96 valence electrons. The lowest BCUT2D eigenvalue weighted by molar-refractivity contribution is 0.230. The first kappa shape index (κ1) is 12.5. The van der Waals surface area contributed by atoms with E-state index in [0.29, 0.717) is 12.4 Å². The molecule has 1 aromatic rings. The lowest BCUT2D eigenvalue weighted by atomic mass is 9.78. The summed E-state index contributed by atoms with van der Waals surface area (Å²) in [5, 5.41) is 0.0669. The minimum Gasteiger partial charge on any atom is -0.337 e. The van der Waals surface area contributed by atoms with Gasteiger partial charge in [0.1, 0.15) is 5.82 Å². The number of hydrogen-bond donors (Lipinski definition) is 2. The van der Waals surface area contributed by atoms with Gasteiger partial charge in [0.2, 0.25) is 0 Å². The Morgan fingerprint density at radius 1 is 1.59 bits per heavy atom. The Kier molecular flexibility index (Phi) is 3.01. The fourth-order valence-corrected chi connectivity index (χ4v) is 3.46. The van der Waals surface area contributed by atoms with Crippen LogP contribution in [-0.4, -0.2) is 30.1 Å². The van der Waals surface area contributed by atoms with Crippen LogP contribution < -0.4 is 10.5 Å². The van der Waals surface area contributed by atoms with Crippen LogP contribution in [0.15, 0.2) is 11.2 Å². The Morgan fingerprint density at radius 2 is 2.24 bits per heavy atom. The molecule has 0 radical (unpaired) electrons. The zero-order chi connectivity index (χ0) is 12.7. The molecule has 1 heterocycles. The average Bonchev–Trinajstić information content (AvgIpc) is 2.54. The highest BCUT2D eigenvalue weighted by Crippen LogP contribution is 2.32. The molecule has 6 nitrogen and oxygen atoms in total. The van der Waals surface area contributed by atoms with Gasteiger partial charge in [-0.1, -0.05) is 0 Å². The van der Waals surface area contributed by atoms with E-state index in [9.17, 15) is 8.42 Å². The summed E-state index contributed by atoms with van der Waals surface area (Å²) >= 11 is 0. The van der Waals surface area contributed by atoms with Crippen LogP contribution in [0.3, 0.4) is 0 Å². The highest BCUT2D eigenvalue weighted by Gasteiger charge is 2.40. The molecular formula is C10H18N4O2S. The minimum absolute atomic E-state index is 0.0669. The van der Waals surface area contributed by atoms with Crippen LogP contribution in [0, 0.1) is 6.92 Å². The van der Waals surface area contributed by atoms with Gasteiger partial charge in [-0.15, -0.1) is 0 Å². The molecule has 1 aliphatic rings. The number of nitrogens with one attached hydrogen (secondary N) is 1. The monoisotopic (exact) mass is 258 g/mol. The van der Waals surface area contributed by atoms with Crippen molar-refractivity contribution in [2.75, 3.05) is 6.54 Å². The molecule has 0 aliphatic heterocycles. The van der Waals surface area contributed by atoms with Gasteiger partial charge in [-0.05, 0) is 26.2 Å². The number of aromatic nitrogens is 2. The topological polar surface area (TPSA) is 90.0 Å². The second-order valence-corrected chi connectivity index (χ2v) is 6.31.